The van der Waals surface area contributed by atoms with E-state index in [0.717, 1.165) is 32.8 Å². The molecule has 0 radical (unpaired) electrons. The van der Waals surface area contributed by atoms with Crippen molar-refractivity contribution < 1.29 is 4.52 Å². The number of rotatable bonds is 8. The van der Waals surface area contributed by atoms with Crippen LogP contribution >= 0.6 is 5.02 Å². The second-order valence-electron chi connectivity index (χ2n) is 3.19. The molecule has 0 saturated heterocycles. The van der Waals surface area contributed by atoms with E-state index in [2.05, 4.69) is 65.2 Å². The van der Waals surface area contributed by atoms with Crippen molar-refractivity contribution in [3.05, 3.63) is 0 Å². The average molecular weight is 348 g/mol. The van der Waals surface area contributed by atoms with Crippen LogP contribution in [0.25, 0.3) is 0 Å². The first-order chi connectivity index (χ1) is 7.10. The van der Waals surface area contributed by atoms with E-state index in [9.17, 15) is 0 Å². The molecule has 0 aromatic carbocycles. The topological polar surface area (TPSA) is 15.7 Å². The molecule has 0 aliphatic carbocycles. The summed E-state index contributed by atoms with van der Waals surface area (Å²) in [6, 6.07) is 0. The third kappa shape index (κ3) is 4.11. The van der Waals surface area contributed by atoms with Crippen molar-refractivity contribution in [2.24, 2.45) is 0 Å². The van der Waals surface area contributed by atoms with Crippen molar-refractivity contribution in [3.63, 3.8) is 0 Å². The Bertz CT molecular complexity index is 190. The van der Waals surface area contributed by atoms with Gasteiger partial charge in [-0.25, -0.2) is 0 Å². The summed E-state index contributed by atoms with van der Waals surface area (Å²) >= 11 is 2.20. The van der Waals surface area contributed by atoms with Gasteiger partial charge in [-0.2, -0.15) is 0 Å². The normalized spacial score (nSPS) is 12.7. The molecule has 15 heavy (non-hydrogen) atoms. The summed E-state index contributed by atoms with van der Waals surface area (Å²) in [5.74, 6) is 0. The van der Waals surface area contributed by atoms with Gasteiger partial charge in [0.25, 0.3) is 0 Å². The summed E-state index contributed by atoms with van der Waals surface area (Å²) in [6.45, 7) is 16.0. The molecule has 0 fully saturated rings. The molecule has 0 N–H and O–H groups in total. The monoisotopic (exact) mass is 350 g/mol. The molecule has 0 saturated carbocycles. The minimum atomic E-state index is -1.51. The van der Waals surface area contributed by atoms with Gasteiger partial charge < -0.3 is 0 Å². The molecule has 0 rings (SSSR count). The van der Waals surface area contributed by atoms with Crippen molar-refractivity contribution in [1.82, 2.24) is 9.34 Å². The predicted octanol–water partition coefficient (Wildman–Crippen LogP) is 2.55. The molecule has 0 aliphatic heterocycles. The molecule has 3 nitrogen and oxygen atoms in total. The zero-order valence-electron chi connectivity index (χ0n) is 10.7. The van der Waals surface area contributed by atoms with Gasteiger partial charge in [-0.3, -0.25) is 0 Å². The van der Waals surface area contributed by atoms with Crippen LogP contribution in [-0.4, -0.2) is 63.4 Å². The Morgan fingerprint density at radius 3 is 1.40 bits per heavy atom. The van der Waals surface area contributed by atoms with Gasteiger partial charge in [0, 0.05) is 0 Å². The molecule has 0 unspecified atom stereocenters. The molecule has 0 amide bonds. The van der Waals surface area contributed by atoms with Crippen LogP contribution in [0.5, 0.6) is 0 Å². The van der Waals surface area contributed by atoms with Crippen molar-refractivity contribution in [1.29, 1.82) is 0 Å². The summed E-state index contributed by atoms with van der Waals surface area (Å²) in [5, 5.41) is -1.51. The standard InChI is InChI=1S/C10H25N2OPTe/c1-6-11(7-2)14(15,13-10-5)12(8-3)9-4/h6-10H2,1-5H3. The molecule has 0 heterocycles. The summed E-state index contributed by atoms with van der Waals surface area (Å²) in [5.41, 5.74) is 0. The van der Waals surface area contributed by atoms with Crippen LogP contribution < -0.4 is 0 Å². The van der Waals surface area contributed by atoms with Crippen molar-refractivity contribution in [2.45, 2.75) is 34.6 Å². The SMILES string of the molecule is CCOP(=[Te])(N(CC)CC)N(CC)CC. The Kier molecular flexibility index (Phi) is 8.83. The fourth-order valence-corrected chi connectivity index (χ4v) is 8.98. The molecule has 5 heteroatoms. The van der Waals surface area contributed by atoms with Gasteiger partial charge >= 0.3 is 108 Å². The van der Waals surface area contributed by atoms with Gasteiger partial charge in [-0.05, 0) is 0 Å². The Hall–Kier alpha value is 1.10. The third-order valence-electron chi connectivity index (χ3n) is 2.47. The minimum absolute atomic E-state index is 0.805. The first kappa shape index (κ1) is 16.1. The van der Waals surface area contributed by atoms with Gasteiger partial charge in [-0.15, -0.1) is 0 Å². The fraction of sp³-hybridized carbons (Fsp3) is 1.00. The van der Waals surface area contributed by atoms with E-state index >= 15 is 0 Å². The summed E-state index contributed by atoms with van der Waals surface area (Å²) < 4.78 is 11.0. The maximum absolute atomic E-state index is 6.08. The fourth-order valence-electron chi connectivity index (χ4n) is 1.67. The Morgan fingerprint density at radius 1 is 0.867 bits per heavy atom. The van der Waals surface area contributed by atoms with Gasteiger partial charge in [0.15, 0.2) is 0 Å². The molecule has 0 aromatic heterocycles. The molecule has 0 spiro atoms. The van der Waals surface area contributed by atoms with Crippen molar-refractivity contribution >= 4 is 26.3 Å². The zero-order chi connectivity index (χ0) is 11.9. The molecule has 0 bridgehead atoms. The van der Waals surface area contributed by atoms with Crippen LogP contribution in [0.1, 0.15) is 34.6 Å². The number of nitrogens with zero attached hydrogens (tertiary/aromatic N) is 2. The van der Waals surface area contributed by atoms with Crippen LogP contribution in [0.3, 0.4) is 0 Å². The first-order valence-electron chi connectivity index (χ1n) is 5.85. The number of hydrogen-bond donors (Lipinski definition) is 0. The van der Waals surface area contributed by atoms with E-state index in [-0.39, 0.29) is 0 Å². The predicted molar refractivity (Wildman–Crippen MR) is 70.1 cm³/mol. The van der Waals surface area contributed by atoms with E-state index in [1.807, 2.05) is 0 Å². The molecular formula is C10H25N2OPTe. The van der Waals surface area contributed by atoms with Crippen molar-refractivity contribution in [2.75, 3.05) is 32.8 Å². The summed E-state index contributed by atoms with van der Waals surface area (Å²) in [7, 11) is 0. The Balaban J connectivity index is 4.92. The van der Waals surface area contributed by atoms with E-state index in [4.69, 9.17) is 4.52 Å². The van der Waals surface area contributed by atoms with Gasteiger partial charge in [0.2, 0.25) is 0 Å². The third-order valence-corrected chi connectivity index (χ3v) is 10.5. The zero-order valence-corrected chi connectivity index (χ0v) is 13.9. The molecule has 0 atom stereocenters. The molecular weight excluding hydrogens is 323 g/mol. The quantitative estimate of drug-likeness (QED) is 0.496. The summed E-state index contributed by atoms with van der Waals surface area (Å²) in [6.07, 6.45) is 0. The molecule has 0 aliphatic rings. The van der Waals surface area contributed by atoms with E-state index in [0.29, 0.717) is 0 Å². The van der Waals surface area contributed by atoms with Crippen molar-refractivity contribution in [3.8, 4) is 0 Å². The van der Waals surface area contributed by atoms with Gasteiger partial charge in [0.1, 0.15) is 0 Å². The maximum atomic E-state index is 6.08. The van der Waals surface area contributed by atoms with Crippen LogP contribution in [0, 0.1) is 0 Å². The van der Waals surface area contributed by atoms with Crippen LogP contribution in [0.4, 0.5) is 0 Å². The van der Waals surface area contributed by atoms with E-state index in [1.165, 1.54) is 0 Å². The van der Waals surface area contributed by atoms with E-state index < -0.39 is 5.02 Å². The first-order valence-corrected chi connectivity index (χ1v) is 10.5. The van der Waals surface area contributed by atoms with Gasteiger partial charge in [0.05, 0.1) is 0 Å². The molecule has 0 aromatic rings. The number of hydrogen-bond acceptors (Lipinski definition) is 3. The van der Waals surface area contributed by atoms with Crippen LogP contribution in [0.15, 0.2) is 0 Å². The Morgan fingerprint density at radius 2 is 1.20 bits per heavy atom. The summed E-state index contributed by atoms with van der Waals surface area (Å²) in [4.78, 5) is 0. The van der Waals surface area contributed by atoms with Gasteiger partial charge in [-0.1, -0.05) is 0 Å². The van der Waals surface area contributed by atoms with Crippen LogP contribution in [-0.2, 0) is 4.52 Å². The van der Waals surface area contributed by atoms with Crippen LogP contribution in [0.2, 0.25) is 0 Å². The Labute approximate surface area is 107 Å². The van der Waals surface area contributed by atoms with E-state index in [1.54, 1.807) is 0 Å². The molecule has 92 valence electrons. The second-order valence-corrected chi connectivity index (χ2v) is 9.63. The second kappa shape index (κ2) is 8.23. The average Bonchev–Trinajstić information content (AvgIpc) is 2.21.